The summed E-state index contributed by atoms with van der Waals surface area (Å²) in [5, 5.41) is 2.89. The molecule has 0 aliphatic heterocycles. The molecule has 1 aromatic rings. The molecule has 0 bridgehead atoms. The Morgan fingerprint density at radius 3 is 2.80 bits per heavy atom. The Hall–Kier alpha value is -1.59. The molecule has 0 atom stereocenters. The maximum atomic E-state index is 12.0. The van der Waals surface area contributed by atoms with Crippen molar-refractivity contribution in [2.75, 3.05) is 18.6 Å². The fourth-order valence-corrected chi connectivity index (χ4v) is 2.55. The minimum atomic E-state index is -0.0684. The zero-order valence-electron chi connectivity index (χ0n) is 11.9. The van der Waals surface area contributed by atoms with Crippen LogP contribution in [-0.2, 0) is 4.74 Å². The number of rotatable bonds is 6. The molecule has 20 heavy (non-hydrogen) atoms. The van der Waals surface area contributed by atoms with E-state index >= 15 is 0 Å². The number of benzene rings is 1. The molecular formula is C15H23N3O2. The van der Waals surface area contributed by atoms with E-state index in [1.807, 2.05) is 13.0 Å². The molecule has 2 rings (SSSR count). The van der Waals surface area contributed by atoms with E-state index < -0.39 is 0 Å². The van der Waals surface area contributed by atoms with Crippen molar-refractivity contribution >= 4 is 11.6 Å². The van der Waals surface area contributed by atoms with Crippen LogP contribution in [-0.4, -0.2) is 25.2 Å². The summed E-state index contributed by atoms with van der Waals surface area (Å²) in [5.74, 6) is 5.27. The van der Waals surface area contributed by atoms with Crippen molar-refractivity contribution < 1.29 is 9.53 Å². The molecule has 1 aromatic carbocycles. The van der Waals surface area contributed by atoms with Crippen molar-refractivity contribution in [1.29, 1.82) is 0 Å². The Labute approximate surface area is 119 Å². The van der Waals surface area contributed by atoms with Gasteiger partial charge in [-0.05, 0) is 43.5 Å². The molecule has 4 N–H and O–H groups in total. The first-order valence-corrected chi connectivity index (χ1v) is 7.18. The molecule has 0 radical (unpaired) electrons. The van der Waals surface area contributed by atoms with Crippen molar-refractivity contribution in [2.24, 2.45) is 5.84 Å². The van der Waals surface area contributed by atoms with Crippen LogP contribution in [0.5, 0.6) is 0 Å². The summed E-state index contributed by atoms with van der Waals surface area (Å²) in [6, 6.07) is 5.42. The predicted molar refractivity (Wildman–Crippen MR) is 79.5 cm³/mol. The van der Waals surface area contributed by atoms with E-state index in [0.717, 1.165) is 24.1 Å². The van der Waals surface area contributed by atoms with E-state index in [9.17, 15) is 4.79 Å². The Kier molecular flexibility index (Phi) is 5.38. The number of carbonyl (C=O) groups excluding carboxylic acids is 1. The summed E-state index contributed by atoms with van der Waals surface area (Å²) in [4.78, 5) is 12.0. The standard InChI is InChI=1S/C15H23N3O2/c1-11-10-12(18-16)6-7-14(11)15(19)17-8-9-20-13-4-2-3-5-13/h6-7,10,13,18H,2-5,8-9,16H2,1H3,(H,17,19). The van der Waals surface area contributed by atoms with Crippen LogP contribution in [0.25, 0.3) is 0 Å². The Bertz CT molecular complexity index is 456. The molecule has 1 saturated carbocycles. The van der Waals surface area contributed by atoms with Gasteiger partial charge in [0.05, 0.1) is 12.7 Å². The third kappa shape index (κ3) is 3.95. The lowest BCUT2D eigenvalue weighted by Gasteiger charge is -2.12. The van der Waals surface area contributed by atoms with E-state index in [-0.39, 0.29) is 5.91 Å². The molecule has 110 valence electrons. The second-order valence-corrected chi connectivity index (χ2v) is 5.21. The quantitative estimate of drug-likeness (QED) is 0.422. The number of amides is 1. The van der Waals surface area contributed by atoms with Crippen molar-refractivity contribution in [2.45, 2.75) is 38.7 Å². The first-order chi connectivity index (χ1) is 9.70. The zero-order chi connectivity index (χ0) is 14.4. The Morgan fingerprint density at radius 2 is 2.15 bits per heavy atom. The number of nitrogens with two attached hydrogens (primary N) is 1. The van der Waals surface area contributed by atoms with Crippen LogP contribution in [0.15, 0.2) is 18.2 Å². The van der Waals surface area contributed by atoms with Crippen molar-refractivity contribution in [3.8, 4) is 0 Å². The largest absolute Gasteiger partial charge is 0.376 e. The summed E-state index contributed by atoms with van der Waals surface area (Å²) in [6.45, 7) is 3.02. The minimum Gasteiger partial charge on any atom is -0.376 e. The summed E-state index contributed by atoms with van der Waals surface area (Å²) in [6.07, 6.45) is 5.22. The van der Waals surface area contributed by atoms with Gasteiger partial charge in [-0.15, -0.1) is 0 Å². The van der Waals surface area contributed by atoms with Gasteiger partial charge in [0.15, 0.2) is 0 Å². The first-order valence-electron chi connectivity index (χ1n) is 7.18. The number of aryl methyl sites for hydroxylation is 1. The van der Waals surface area contributed by atoms with E-state index in [1.54, 1.807) is 12.1 Å². The van der Waals surface area contributed by atoms with Gasteiger partial charge >= 0.3 is 0 Å². The second kappa shape index (κ2) is 7.26. The molecule has 0 spiro atoms. The lowest BCUT2D eigenvalue weighted by molar-refractivity contribution is 0.0581. The predicted octanol–water partition coefficient (Wildman–Crippen LogP) is 1.97. The first kappa shape index (κ1) is 14.8. The van der Waals surface area contributed by atoms with Gasteiger partial charge in [-0.25, -0.2) is 0 Å². The van der Waals surface area contributed by atoms with Crippen molar-refractivity contribution in [3.05, 3.63) is 29.3 Å². The number of hydrogen-bond acceptors (Lipinski definition) is 4. The molecular weight excluding hydrogens is 254 g/mol. The summed E-state index contributed by atoms with van der Waals surface area (Å²) in [7, 11) is 0. The molecule has 0 heterocycles. The lowest BCUT2D eigenvalue weighted by Crippen LogP contribution is -2.29. The fourth-order valence-electron chi connectivity index (χ4n) is 2.55. The van der Waals surface area contributed by atoms with Crippen LogP contribution >= 0.6 is 0 Å². The molecule has 5 nitrogen and oxygen atoms in total. The lowest BCUT2D eigenvalue weighted by atomic mass is 10.1. The topological polar surface area (TPSA) is 76.4 Å². The number of anilines is 1. The van der Waals surface area contributed by atoms with E-state index in [0.29, 0.717) is 24.8 Å². The smallest absolute Gasteiger partial charge is 0.251 e. The highest BCUT2D eigenvalue weighted by atomic mass is 16.5. The summed E-state index contributed by atoms with van der Waals surface area (Å²) < 4.78 is 5.71. The van der Waals surface area contributed by atoms with Gasteiger partial charge in [0.25, 0.3) is 5.91 Å². The van der Waals surface area contributed by atoms with Crippen LogP contribution < -0.4 is 16.6 Å². The van der Waals surface area contributed by atoms with Crippen LogP contribution in [0, 0.1) is 6.92 Å². The molecule has 1 aliphatic carbocycles. The van der Waals surface area contributed by atoms with Gasteiger partial charge in [0, 0.05) is 17.8 Å². The fraction of sp³-hybridized carbons (Fsp3) is 0.533. The molecule has 1 amide bonds. The maximum Gasteiger partial charge on any atom is 0.251 e. The average Bonchev–Trinajstić information content (AvgIpc) is 2.96. The number of nitrogens with one attached hydrogen (secondary N) is 2. The van der Waals surface area contributed by atoms with Crippen molar-refractivity contribution in [1.82, 2.24) is 5.32 Å². The number of ether oxygens (including phenoxy) is 1. The van der Waals surface area contributed by atoms with Crippen LogP contribution in [0.1, 0.15) is 41.6 Å². The van der Waals surface area contributed by atoms with Gasteiger partial charge in [0.2, 0.25) is 0 Å². The van der Waals surface area contributed by atoms with E-state index in [2.05, 4.69) is 10.7 Å². The van der Waals surface area contributed by atoms with Crippen LogP contribution in [0.4, 0.5) is 5.69 Å². The normalized spacial score (nSPS) is 15.3. The highest BCUT2D eigenvalue weighted by molar-refractivity contribution is 5.96. The third-order valence-electron chi connectivity index (χ3n) is 3.68. The van der Waals surface area contributed by atoms with Gasteiger partial charge in [-0.1, -0.05) is 12.8 Å². The molecule has 1 fully saturated rings. The summed E-state index contributed by atoms with van der Waals surface area (Å²) >= 11 is 0. The van der Waals surface area contributed by atoms with Gasteiger partial charge in [0.1, 0.15) is 0 Å². The minimum absolute atomic E-state index is 0.0684. The zero-order valence-corrected chi connectivity index (χ0v) is 11.9. The average molecular weight is 277 g/mol. The molecule has 0 unspecified atom stereocenters. The van der Waals surface area contributed by atoms with E-state index in [1.165, 1.54) is 12.8 Å². The number of hydrogen-bond donors (Lipinski definition) is 3. The second-order valence-electron chi connectivity index (χ2n) is 5.21. The van der Waals surface area contributed by atoms with Gasteiger partial charge < -0.3 is 15.5 Å². The Balaban J connectivity index is 1.76. The summed E-state index contributed by atoms with van der Waals surface area (Å²) in [5.41, 5.74) is 4.93. The van der Waals surface area contributed by atoms with Gasteiger partial charge in [-0.3, -0.25) is 10.6 Å². The van der Waals surface area contributed by atoms with Crippen molar-refractivity contribution in [3.63, 3.8) is 0 Å². The van der Waals surface area contributed by atoms with Crippen LogP contribution in [0.3, 0.4) is 0 Å². The maximum absolute atomic E-state index is 12.0. The van der Waals surface area contributed by atoms with Gasteiger partial charge in [-0.2, -0.15) is 0 Å². The molecule has 0 aromatic heterocycles. The monoisotopic (exact) mass is 277 g/mol. The molecule has 0 saturated heterocycles. The third-order valence-corrected chi connectivity index (χ3v) is 3.68. The highest BCUT2D eigenvalue weighted by Gasteiger charge is 2.15. The number of carbonyl (C=O) groups is 1. The number of hydrazine groups is 1. The SMILES string of the molecule is Cc1cc(NN)ccc1C(=O)NCCOC1CCCC1. The highest BCUT2D eigenvalue weighted by Crippen LogP contribution is 2.20. The van der Waals surface area contributed by atoms with Crippen LogP contribution in [0.2, 0.25) is 0 Å². The van der Waals surface area contributed by atoms with E-state index in [4.69, 9.17) is 10.6 Å². The molecule has 1 aliphatic rings. The number of nitrogen functional groups attached to an aromatic ring is 1. The molecule has 5 heteroatoms. The Morgan fingerprint density at radius 1 is 1.40 bits per heavy atom.